The lowest BCUT2D eigenvalue weighted by molar-refractivity contribution is -0.143. The van der Waals surface area contributed by atoms with Crippen LogP contribution in [0.4, 0.5) is 0 Å². The van der Waals surface area contributed by atoms with Gasteiger partial charge in [-0.1, -0.05) is 96.6 Å². The topological polar surface area (TPSA) is 58.6 Å². The minimum Gasteiger partial charge on any atom is -0.483 e. The molecule has 7 heteroatoms. The third kappa shape index (κ3) is 8.23. The number of nitrogens with zero attached hydrogens (tertiary/aromatic N) is 1. The number of benzene rings is 3. The first-order valence-electron chi connectivity index (χ1n) is 13.6. The van der Waals surface area contributed by atoms with Crippen LogP contribution in [-0.4, -0.2) is 35.4 Å². The molecule has 2 amide bonds. The zero-order valence-electron chi connectivity index (χ0n) is 22.6. The number of carbonyl (C=O) groups is 2. The molecule has 1 N–H and O–H groups in total. The van der Waals surface area contributed by atoms with Crippen LogP contribution >= 0.6 is 23.2 Å². The predicted molar refractivity (Wildman–Crippen MR) is 157 cm³/mol. The van der Waals surface area contributed by atoms with Gasteiger partial charge in [-0.25, -0.2) is 0 Å². The summed E-state index contributed by atoms with van der Waals surface area (Å²) in [6.07, 6.45) is 5.70. The second kappa shape index (κ2) is 13.9. The van der Waals surface area contributed by atoms with E-state index in [9.17, 15) is 9.59 Å². The summed E-state index contributed by atoms with van der Waals surface area (Å²) in [5, 5.41) is 4.09. The molecule has 1 unspecified atom stereocenters. The van der Waals surface area contributed by atoms with Gasteiger partial charge in [-0.2, -0.15) is 0 Å². The van der Waals surface area contributed by atoms with E-state index in [-0.39, 0.29) is 31.0 Å². The maximum Gasteiger partial charge on any atom is 0.261 e. The summed E-state index contributed by atoms with van der Waals surface area (Å²) in [5.74, 6) is 0.223. The van der Waals surface area contributed by atoms with Gasteiger partial charge in [0.25, 0.3) is 5.91 Å². The van der Waals surface area contributed by atoms with Crippen LogP contribution in [0, 0.1) is 13.8 Å². The van der Waals surface area contributed by atoms with Crippen molar-refractivity contribution in [1.82, 2.24) is 10.2 Å². The zero-order valence-corrected chi connectivity index (χ0v) is 24.1. The number of hydrogen-bond donors (Lipinski definition) is 1. The molecule has 0 bridgehead atoms. The number of nitrogens with one attached hydrogen (secondary N) is 1. The highest BCUT2D eigenvalue weighted by Gasteiger charge is 2.32. The summed E-state index contributed by atoms with van der Waals surface area (Å²) in [6, 6.07) is 20.3. The predicted octanol–water partition coefficient (Wildman–Crippen LogP) is 7.08. The Morgan fingerprint density at radius 3 is 2.36 bits per heavy atom. The van der Waals surface area contributed by atoms with E-state index in [4.69, 9.17) is 27.9 Å². The number of amides is 2. The molecule has 5 nitrogen and oxygen atoms in total. The first kappa shape index (κ1) is 29.0. The third-order valence-electron chi connectivity index (χ3n) is 7.24. The van der Waals surface area contributed by atoms with E-state index in [2.05, 4.69) is 5.32 Å². The minimum absolute atomic E-state index is 0.123. The van der Waals surface area contributed by atoms with Gasteiger partial charge < -0.3 is 15.0 Å². The molecule has 39 heavy (non-hydrogen) atoms. The molecule has 1 fully saturated rings. The summed E-state index contributed by atoms with van der Waals surface area (Å²) in [5.41, 5.74) is 3.83. The standard InChI is InChI=1S/C32H36Cl2N2O3/c1-22-13-16-30(23(2)17-22)39-21-31(37)36(20-25-14-15-27(33)28(34)18-25)29(19-24-9-5-3-6-10-24)32(38)35-26-11-7-4-8-12-26/h3,5-6,9-10,13-18,26,29H,4,7-8,11-12,19-21H2,1-2H3,(H,35,38). The highest BCUT2D eigenvalue weighted by Crippen LogP contribution is 2.25. The molecule has 4 rings (SSSR count). The Kier molecular flexibility index (Phi) is 10.3. The largest absolute Gasteiger partial charge is 0.483 e. The highest BCUT2D eigenvalue weighted by molar-refractivity contribution is 6.42. The number of halogens is 2. The highest BCUT2D eigenvalue weighted by atomic mass is 35.5. The van der Waals surface area contributed by atoms with Gasteiger partial charge in [0.1, 0.15) is 11.8 Å². The van der Waals surface area contributed by atoms with Gasteiger partial charge >= 0.3 is 0 Å². The van der Waals surface area contributed by atoms with Crippen LogP contribution in [0.3, 0.4) is 0 Å². The summed E-state index contributed by atoms with van der Waals surface area (Å²) in [7, 11) is 0. The maximum absolute atomic E-state index is 13.8. The van der Waals surface area contributed by atoms with Crippen molar-refractivity contribution in [1.29, 1.82) is 0 Å². The van der Waals surface area contributed by atoms with Gasteiger partial charge in [0, 0.05) is 19.0 Å². The fraction of sp³-hybridized carbons (Fsp3) is 0.375. The SMILES string of the molecule is Cc1ccc(OCC(=O)N(Cc2ccc(Cl)c(Cl)c2)C(Cc2ccccc2)C(=O)NC2CCCCC2)c(C)c1. The lowest BCUT2D eigenvalue weighted by Gasteiger charge is -2.33. The molecule has 3 aromatic rings. The van der Waals surface area contributed by atoms with E-state index in [1.54, 1.807) is 17.0 Å². The van der Waals surface area contributed by atoms with Crippen LogP contribution < -0.4 is 10.1 Å². The van der Waals surface area contributed by atoms with Crippen molar-refractivity contribution in [3.8, 4) is 5.75 Å². The molecule has 0 saturated heterocycles. The Bertz CT molecular complexity index is 1280. The lowest BCUT2D eigenvalue weighted by Crippen LogP contribution is -2.53. The summed E-state index contributed by atoms with van der Waals surface area (Å²) < 4.78 is 5.98. The summed E-state index contributed by atoms with van der Waals surface area (Å²) in [6.45, 7) is 3.98. The van der Waals surface area contributed by atoms with Gasteiger partial charge in [-0.15, -0.1) is 0 Å². The first-order chi connectivity index (χ1) is 18.8. The van der Waals surface area contributed by atoms with E-state index in [0.717, 1.165) is 47.9 Å². The van der Waals surface area contributed by atoms with Crippen molar-refractivity contribution in [2.24, 2.45) is 0 Å². The molecule has 1 aliphatic carbocycles. The Labute approximate surface area is 241 Å². The molecule has 0 heterocycles. The molecule has 1 aliphatic rings. The lowest BCUT2D eigenvalue weighted by atomic mass is 9.94. The fourth-order valence-electron chi connectivity index (χ4n) is 5.12. The molecule has 0 aromatic heterocycles. The van der Waals surface area contributed by atoms with E-state index in [1.807, 2.05) is 68.4 Å². The summed E-state index contributed by atoms with van der Waals surface area (Å²) >= 11 is 12.5. The normalized spacial score (nSPS) is 14.5. The average molecular weight is 568 g/mol. The van der Waals surface area contributed by atoms with Gasteiger partial charge in [0.05, 0.1) is 10.0 Å². The summed E-state index contributed by atoms with van der Waals surface area (Å²) in [4.78, 5) is 29.3. The van der Waals surface area contributed by atoms with E-state index >= 15 is 0 Å². The molecule has 206 valence electrons. The Morgan fingerprint density at radius 1 is 0.923 bits per heavy atom. The maximum atomic E-state index is 13.8. The second-order valence-corrected chi connectivity index (χ2v) is 11.2. The molecular formula is C32H36Cl2N2O3. The number of ether oxygens (including phenoxy) is 1. The van der Waals surface area contributed by atoms with Crippen molar-refractivity contribution >= 4 is 35.0 Å². The Hall–Kier alpha value is -3.02. The van der Waals surface area contributed by atoms with Crippen LogP contribution in [0.15, 0.2) is 66.7 Å². The van der Waals surface area contributed by atoms with Crippen LogP contribution in [0.1, 0.15) is 54.4 Å². The van der Waals surface area contributed by atoms with Gasteiger partial charge in [-0.05, 0) is 61.6 Å². The Balaban J connectivity index is 1.63. The van der Waals surface area contributed by atoms with Crippen LogP contribution in [0.25, 0.3) is 0 Å². The van der Waals surface area contributed by atoms with Crippen molar-refractivity contribution in [2.45, 2.75) is 71.0 Å². The molecule has 3 aromatic carbocycles. The first-order valence-corrected chi connectivity index (χ1v) is 14.3. The molecule has 1 saturated carbocycles. The minimum atomic E-state index is -0.723. The molecule has 0 radical (unpaired) electrons. The van der Waals surface area contributed by atoms with Crippen LogP contribution in [0.5, 0.6) is 5.75 Å². The molecule has 1 atom stereocenters. The fourth-order valence-corrected chi connectivity index (χ4v) is 5.44. The van der Waals surface area contributed by atoms with Crippen LogP contribution in [-0.2, 0) is 22.6 Å². The van der Waals surface area contributed by atoms with Crippen molar-refractivity contribution in [3.63, 3.8) is 0 Å². The van der Waals surface area contributed by atoms with E-state index in [1.165, 1.54) is 6.42 Å². The van der Waals surface area contributed by atoms with Crippen molar-refractivity contribution < 1.29 is 14.3 Å². The number of rotatable bonds is 10. The zero-order chi connectivity index (χ0) is 27.8. The van der Waals surface area contributed by atoms with E-state index < -0.39 is 6.04 Å². The van der Waals surface area contributed by atoms with Crippen molar-refractivity contribution in [3.05, 3.63) is 99.0 Å². The number of aryl methyl sites for hydroxylation is 2. The number of carbonyl (C=O) groups excluding carboxylic acids is 2. The third-order valence-corrected chi connectivity index (χ3v) is 7.98. The van der Waals surface area contributed by atoms with Crippen LogP contribution in [0.2, 0.25) is 10.0 Å². The second-order valence-electron chi connectivity index (χ2n) is 10.4. The Morgan fingerprint density at radius 2 is 1.67 bits per heavy atom. The van der Waals surface area contributed by atoms with Gasteiger partial charge in [0.2, 0.25) is 5.91 Å². The molecular weight excluding hydrogens is 531 g/mol. The smallest absolute Gasteiger partial charge is 0.261 e. The average Bonchev–Trinajstić information content (AvgIpc) is 2.93. The molecule has 0 aliphatic heterocycles. The van der Waals surface area contributed by atoms with Gasteiger partial charge in [0.15, 0.2) is 6.61 Å². The van der Waals surface area contributed by atoms with Crippen molar-refractivity contribution in [2.75, 3.05) is 6.61 Å². The van der Waals surface area contributed by atoms with Gasteiger partial charge in [-0.3, -0.25) is 9.59 Å². The van der Waals surface area contributed by atoms with E-state index in [0.29, 0.717) is 22.2 Å². The number of hydrogen-bond acceptors (Lipinski definition) is 3. The quantitative estimate of drug-likeness (QED) is 0.285. The monoisotopic (exact) mass is 566 g/mol. The molecule has 0 spiro atoms.